The summed E-state index contributed by atoms with van der Waals surface area (Å²) in [6, 6.07) is 11.7. The Morgan fingerprint density at radius 1 is 1.22 bits per heavy atom. The molecule has 1 N–H and O–H groups in total. The molecular formula is C15H19NO2. The lowest BCUT2D eigenvalue weighted by molar-refractivity contribution is 0.154. The fourth-order valence-electron chi connectivity index (χ4n) is 2.06. The fourth-order valence-corrected chi connectivity index (χ4v) is 2.06. The first kappa shape index (κ1) is 12.7. The molecule has 3 nitrogen and oxygen atoms in total. The number of nitrogens with zero attached hydrogens (tertiary/aromatic N) is 1. The van der Waals surface area contributed by atoms with Gasteiger partial charge in [-0.3, -0.25) is 0 Å². The summed E-state index contributed by atoms with van der Waals surface area (Å²) in [7, 11) is 2.01. The van der Waals surface area contributed by atoms with Crippen LogP contribution in [-0.2, 0) is 4.74 Å². The van der Waals surface area contributed by atoms with E-state index in [1.54, 1.807) is 12.1 Å². The molecule has 18 heavy (non-hydrogen) atoms. The van der Waals surface area contributed by atoms with Crippen LogP contribution < -0.4 is 4.90 Å². The zero-order chi connectivity index (χ0) is 13.0. The predicted octanol–water partition coefficient (Wildman–Crippen LogP) is 3.02. The van der Waals surface area contributed by atoms with Crippen molar-refractivity contribution in [1.29, 1.82) is 0 Å². The molecule has 0 heterocycles. The van der Waals surface area contributed by atoms with Gasteiger partial charge in [0.1, 0.15) is 5.75 Å². The van der Waals surface area contributed by atoms with Crippen LogP contribution in [0.3, 0.4) is 0 Å². The van der Waals surface area contributed by atoms with Crippen LogP contribution >= 0.6 is 0 Å². The van der Waals surface area contributed by atoms with Crippen molar-refractivity contribution >= 4 is 16.5 Å². The zero-order valence-electron chi connectivity index (χ0n) is 10.9. The molecule has 0 spiro atoms. The molecule has 0 fully saturated rings. The van der Waals surface area contributed by atoms with Gasteiger partial charge in [-0.25, -0.2) is 0 Å². The summed E-state index contributed by atoms with van der Waals surface area (Å²) in [6.45, 7) is 4.22. The first-order valence-corrected chi connectivity index (χ1v) is 6.23. The second-order valence-corrected chi connectivity index (χ2v) is 4.30. The highest BCUT2D eigenvalue weighted by Gasteiger charge is 2.07. The molecule has 96 valence electrons. The molecule has 0 saturated carbocycles. The number of phenolic OH excluding ortho intramolecular Hbond substituents is 1. The molecule has 0 aliphatic rings. The van der Waals surface area contributed by atoms with Crippen molar-refractivity contribution in [2.24, 2.45) is 0 Å². The van der Waals surface area contributed by atoms with Gasteiger partial charge in [-0.15, -0.1) is 0 Å². The van der Waals surface area contributed by atoms with Crippen LogP contribution in [-0.4, -0.2) is 31.9 Å². The standard InChI is InChI=1S/C15H19NO2/c1-3-18-9-8-16(2)15-11-13(17)10-12-6-4-5-7-14(12)15/h4-7,10-11,17H,3,8-9H2,1-2H3. The Kier molecular flexibility index (Phi) is 4.05. The maximum atomic E-state index is 9.77. The minimum atomic E-state index is 0.298. The molecule has 0 saturated heterocycles. The van der Waals surface area contributed by atoms with Crippen molar-refractivity contribution in [1.82, 2.24) is 0 Å². The van der Waals surface area contributed by atoms with Gasteiger partial charge in [-0.2, -0.15) is 0 Å². The van der Waals surface area contributed by atoms with E-state index in [0.717, 1.165) is 29.6 Å². The second kappa shape index (κ2) is 5.74. The Hall–Kier alpha value is -1.74. The van der Waals surface area contributed by atoms with Crippen molar-refractivity contribution < 1.29 is 9.84 Å². The number of hydrogen-bond acceptors (Lipinski definition) is 3. The summed E-state index contributed by atoms with van der Waals surface area (Å²) in [4.78, 5) is 2.11. The number of hydrogen-bond donors (Lipinski definition) is 1. The second-order valence-electron chi connectivity index (χ2n) is 4.30. The van der Waals surface area contributed by atoms with Crippen LogP contribution in [0.25, 0.3) is 10.8 Å². The molecule has 0 aliphatic heterocycles. The number of aromatic hydroxyl groups is 1. The van der Waals surface area contributed by atoms with Crippen molar-refractivity contribution in [3.05, 3.63) is 36.4 Å². The number of fused-ring (bicyclic) bond motifs is 1. The number of phenols is 1. The minimum absolute atomic E-state index is 0.298. The zero-order valence-corrected chi connectivity index (χ0v) is 10.9. The van der Waals surface area contributed by atoms with Crippen LogP contribution in [0.4, 0.5) is 5.69 Å². The predicted molar refractivity (Wildman–Crippen MR) is 75.4 cm³/mol. The first-order chi connectivity index (χ1) is 8.72. The quantitative estimate of drug-likeness (QED) is 0.822. The van der Waals surface area contributed by atoms with Crippen molar-refractivity contribution in [2.75, 3.05) is 31.7 Å². The molecule has 0 bridgehead atoms. The maximum Gasteiger partial charge on any atom is 0.118 e. The SMILES string of the molecule is CCOCCN(C)c1cc(O)cc2ccccc12. The molecule has 0 radical (unpaired) electrons. The summed E-state index contributed by atoms with van der Waals surface area (Å²) in [5.41, 5.74) is 1.03. The van der Waals surface area contributed by atoms with Gasteiger partial charge in [-0.1, -0.05) is 24.3 Å². The average molecular weight is 245 g/mol. The van der Waals surface area contributed by atoms with E-state index >= 15 is 0 Å². The molecular weight excluding hydrogens is 226 g/mol. The third-order valence-corrected chi connectivity index (χ3v) is 3.01. The van der Waals surface area contributed by atoms with Crippen LogP contribution in [0.2, 0.25) is 0 Å². The summed E-state index contributed by atoms with van der Waals surface area (Å²) in [5.74, 6) is 0.298. The van der Waals surface area contributed by atoms with E-state index in [4.69, 9.17) is 4.74 Å². The van der Waals surface area contributed by atoms with Gasteiger partial charge in [-0.05, 0) is 18.4 Å². The van der Waals surface area contributed by atoms with Gasteiger partial charge in [0.15, 0.2) is 0 Å². The molecule has 0 unspecified atom stereocenters. The topological polar surface area (TPSA) is 32.7 Å². The molecule has 0 amide bonds. The Morgan fingerprint density at radius 3 is 2.78 bits per heavy atom. The Labute approximate surface area is 108 Å². The van der Waals surface area contributed by atoms with E-state index in [2.05, 4.69) is 11.0 Å². The van der Waals surface area contributed by atoms with Crippen molar-refractivity contribution in [3.8, 4) is 5.75 Å². The van der Waals surface area contributed by atoms with Crippen LogP contribution in [0.15, 0.2) is 36.4 Å². The van der Waals surface area contributed by atoms with Crippen molar-refractivity contribution in [2.45, 2.75) is 6.92 Å². The van der Waals surface area contributed by atoms with E-state index in [1.807, 2.05) is 32.2 Å². The summed E-state index contributed by atoms with van der Waals surface area (Å²) < 4.78 is 5.36. The summed E-state index contributed by atoms with van der Waals surface area (Å²) in [6.07, 6.45) is 0. The largest absolute Gasteiger partial charge is 0.508 e. The molecule has 0 atom stereocenters. The van der Waals surface area contributed by atoms with Crippen LogP contribution in [0.1, 0.15) is 6.92 Å². The summed E-state index contributed by atoms with van der Waals surface area (Å²) >= 11 is 0. The molecule has 0 aliphatic carbocycles. The third-order valence-electron chi connectivity index (χ3n) is 3.01. The summed E-state index contributed by atoms with van der Waals surface area (Å²) in [5, 5.41) is 12.0. The monoisotopic (exact) mass is 245 g/mol. The number of likely N-dealkylation sites (N-methyl/N-ethyl adjacent to an activating group) is 1. The van der Waals surface area contributed by atoms with Gasteiger partial charge < -0.3 is 14.7 Å². The Morgan fingerprint density at radius 2 is 2.00 bits per heavy atom. The lowest BCUT2D eigenvalue weighted by Gasteiger charge is -2.21. The van der Waals surface area contributed by atoms with E-state index in [9.17, 15) is 5.11 Å². The van der Waals surface area contributed by atoms with Crippen LogP contribution in [0, 0.1) is 0 Å². The van der Waals surface area contributed by atoms with Gasteiger partial charge in [0.05, 0.1) is 6.61 Å². The van der Waals surface area contributed by atoms with E-state index < -0.39 is 0 Å². The number of rotatable bonds is 5. The molecule has 2 aromatic carbocycles. The third kappa shape index (κ3) is 2.74. The first-order valence-electron chi connectivity index (χ1n) is 6.23. The normalized spacial score (nSPS) is 10.8. The maximum absolute atomic E-state index is 9.77. The lowest BCUT2D eigenvalue weighted by atomic mass is 10.1. The van der Waals surface area contributed by atoms with Gasteiger partial charge >= 0.3 is 0 Å². The highest BCUT2D eigenvalue weighted by atomic mass is 16.5. The molecule has 2 rings (SSSR count). The molecule has 2 aromatic rings. The highest BCUT2D eigenvalue weighted by molar-refractivity contribution is 5.95. The Balaban J connectivity index is 2.31. The number of benzene rings is 2. The van der Waals surface area contributed by atoms with E-state index in [-0.39, 0.29) is 0 Å². The molecule has 0 aromatic heterocycles. The van der Waals surface area contributed by atoms with Crippen molar-refractivity contribution in [3.63, 3.8) is 0 Å². The number of ether oxygens (including phenoxy) is 1. The fraction of sp³-hybridized carbons (Fsp3) is 0.333. The van der Waals surface area contributed by atoms with E-state index in [1.165, 1.54) is 0 Å². The lowest BCUT2D eigenvalue weighted by Crippen LogP contribution is -2.22. The van der Waals surface area contributed by atoms with Gasteiger partial charge in [0, 0.05) is 37.3 Å². The minimum Gasteiger partial charge on any atom is -0.508 e. The number of anilines is 1. The van der Waals surface area contributed by atoms with Gasteiger partial charge in [0.2, 0.25) is 0 Å². The highest BCUT2D eigenvalue weighted by Crippen LogP contribution is 2.30. The average Bonchev–Trinajstić information content (AvgIpc) is 2.38. The van der Waals surface area contributed by atoms with Crippen LogP contribution in [0.5, 0.6) is 5.75 Å². The van der Waals surface area contributed by atoms with E-state index in [0.29, 0.717) is 12.4 Å². The van der Waals surface area contributed by atoms with Gasteiger partial charge in [0.25, 0.3) is 0 Å². The molecule has 3 heteroatoms. The Bertz CT molecular complexity index is 525. The smallest absolute Gasteiger partial charge is 0.118 e.